The van der Waals surface area contributed by atoms with Crippen molar-refractivity contribution in [1.82, 2.24) is 20.0 Å². The quantitative estimate of drug-likeness (QED) is 0.851. The van der Waals surface area contributed by atoms with E-state index in [1.54, 1.807) is 0 Å². The average molecular weight is 392 g/mol. The number of hydrogen-bond donors (Lipinski definition) is 1. The monoisotopic (exact) mass is 391 g/mol. The molecule has 2 fully saturated rings. The van der Waals surface area contributed by atoms with Crippen LogP contribution in [-0.4, -0.2) is 59.9 Å². The number of hydrogen-bond acceptors (Lipinski definition) is 4. The zero-order chi connectivity index (χ0) is 16.2. The summed E-state index contributed by atoms with van der Waals surface area (Å²) in [6.07, 6.45) is 7.13. The van der Waals surface area contributed by atoms with Gasteiger partial charge in [-0.2, -0.15) is 5.10 Å². The third-order valence-corrected chi connectivity index (χ3v) is 5.33. The first-order valence-corrected chi connectivity index (χ1v) is 8.85. The summed E-state index contributed by atoms with van der Waals surface area (Å²) in [6.45, 7) is 7.89. The first kappa shape index (κ1) is 22.1. The Labute approximate surface area is 163 Å². The number of anilines is 1. The van der Waals surface area contributed by atoms with Crippen molar-refractivity contribution in [2.24, 2.45) is 18.9 Å². The summed E-state index contributed by atoms with van der Waals surface area (Å²) in [5, 5.41) is 7.68. The molecule has 0 spiro atoms. The van der Waals surface area contributed by atoms with Crippen LogP contribution in [0.1, 0.15) is 26.2 Å². The molecule has 3 rings (SSSR count). The molecule has 1 aromatic rings. The van der Waals surface area contributed by atoms with Crippen LogP contribution in [0.15, 0.2) is 12.4 Å². The summed E-state index contributed by atoms with van der Waals surface area (Å²) in [5.74, 6) is 1.46. The summed E-state index contributed by atoms with van der Waals surface area (Å²) in [7, 11) is 1.94. The fraction of sp³-hybridized carbons (Fsp3) is 0.765. The van der Waals surface area contributed by atoms with E-state index >= 15 is 0 Å². The van der Waals surface area contributed by atoms with Gasteiger partial charge in [0.05, 0.1) is 11.9 Å². The van der Waals surface area contributed by atoms with E-state index in [-0.39, 0.29) is 24.8 Å². The summed E-state index contributed by atoms with van der Waals surface area (Å²) < 4.78 is 1.83. The summed E-state index contributed by atoms with van der Waals surface area (Å²) in [6, 6.07) is 0. The molecule has 2 unspecified atom stereocenters. The first-order valence-electron chi connectivity index (χ1n) is 8.85. The highest BCUT2D eigenvalue weighted by atomic mass is 35.5. The normalized spacial score (nSPS) is 21.9. The van der Waals surface area contributed by atoms with Gasteiger partial charge in [0.25, 0.3) is 0 Å². The van der Waals surface area contributed by atoms with Crippen molar-refractivity contribution in [3.63, 3.8) is 0 Å². The van der Waals surface area contributed by atoms with Gasteiger partial charge in [0.1, 0.15) is 0 Å². The van der Waals surface area contributed by atoms with Crippen LogP contribution in [0.25, 0.3) is 0 Å². The number of nitrogens with zero attached hydrogens (tertiary/aromatic N) is 4. The van der Waals surface area contributed by atoms with E-state index in [1.807, 2.05) is 29.0 Å². The Morgan fingerprint density at radius 1 is 1.32 bits per heavy atom. The lowest BCUT2D eigenvalue weighted by atomic mass is 9.85. The fourth-order valence-corrected chi connectivity index (χ4v) is 3.72. The van der Waals surface area contributed by atoms with Crippen molar-refractivity contribution >= 4 is 36.4 Å². The first-order chi connectivity index (χ1) is 11.1. The lowest BCUT2D eigenvalue weighted by Crippen LogP contribution is -2.49. The third kappa shape index (κ3) is 5.76. The van der Waals surface area contributed by atoms with Crippen molar-refractivity contribution in [2.45, 2.75) is 26.2 Å². The van der Waals surface area contributed by atoms with Crippen molar-refractivity contribution in [2.75, 3.05) is 44.2 Å². The van der Waals surface area contributed by atoms with Gasteiger partial charge in [0.2, 0.25) is 5.91 Å². The van der Waals surface area contributed by atoms with Gasteiger partial charge in [-0.25, -0.2) is 0 Å². The number of rotatable bonds is 4. The number of aryl methyl sites for hydroxylation is 1. The molecule has 0 radical (unpaired) electrons. The minimum atomic E-state index is 0. The van der Waals surface area contributed by atoms with Gasteiger partial charge < -0.3 is 15.1 Å². The molecule has 1 aromatic heterocycles. The lowest BCUT2D eigenvalue weighted by molar-refractivity contribution is -0.132. The predicted molar refractivity (Wildman–Crippen MR) is 106 cm³/mol. The van der Waals surface area contributed by atoms with E-state index in [0.29, 0.717) is 24.2 Å². The second-order valence-electron chi connectivity index (χ2n) is 7.03. The molecule has 3 heterocycles. The Balaban J connectivity index is 0.00000156. The molecule has 1 N–H and O–H groups in total. The molecule has 8 heteroatoms. The van der Waals surface area contributed by atoms with Crippen molar-refractivity contribution < 1.29 is 4.79 Å². The smallest absolute Gasteiger partial charge is 0.222 e. The van der Waals surface area contributed by atoms with Crippen molar-refractivity contribution in [3.05, 3.63) is 12.4 Å². The van der Waals surface area contributed by atoms with Crippen molar-refractivity contribution in [1.29, 1.82) is 0 Å². The summed E-state index contributed by atoms with van der Waals surface area (Å²) in [4.78, 5) is 16.9. The van der Waals surface area contributed by atoms with Crippen LogP contribution in [0.4, 0.5) is 5.69 Å². The highest BCUT2D eigenvalue weighted by Gasteiger charge is 2.26. The Morgan fingerprint density at radius 3 is 2.60 bits per heavy atom. The van der Waals surface area contributed by atoms with Crippen LogP contribution in [0.2, 0.25) is 0 Å². The molecule has 0 saturated carbocycles. The molecule has 2 aliphatic rings. The molecule has 25 heavy (non-hydrogen) atoms. The minimum absolute atomic E-state index is 0. The third-order valence-electron chi connectivity index (χ3n) is 5.33. The number of amides is 1. The topological polar surface area (TPSA) is 53.4 Å². The molecule has 1 amide bonds. The Morgan fingerprint density at radius 2 is 2.04 bits per heavy atom. The van der Waals surface area contributed by atoms with Crippen LogP contribution in [0.5, 0.6) is 0 Å². The largest absolute Gasteiger partial charge is 0.365 e. The molecule has 2 aliphatic heterocycles. The van der Waals surface area contributed by atoms with E-state index in [4.69, 9.17) is 0 Å². The Kier molecular flexibility index (Phi) is 9.03. The molecule has 2 atom stereocenters. The minimum Gasteiger partial charge on any atom is -0.365 e. The number of carbonyl (C=O) groups excluding carboxylic acids is 1. The maximum absolute atomic E-state index is 12.6. The molecule has 0 aromatic carbocycles. The predicted octanol–water partition coefficient (Wildman–Crippen LogP) is 1.94. The zero-order valence-corrected chi connectivity index (χ0v) is 16.8. The van der Waals surface area contributed by atoms with Gasteiger partial charge in [-0.15, -0.1) is 24.8 Å². The fourth-order valence-electron chi connectivity index (χ4n) is 3.72. The molecular weight excluding hydrogens is 361 g/mol. The second kappa shape index (κ2) is 10.2. The molecular formula is C17H31Cl2N5O. The van der Waals surface area contributed by atoms with Crippen LogP contribution >= 0.6 is 24.8 Å². The number of piperazine rings is 1. The Hall–Kier alpha value is -0.980. The Bertz CT molecular complexity index is 525. The maximum Gasteiger partial charge on any atom is 0.222 e. The van der Waals surface area contributed by atoms with Gasteiger partial charge >= 0.3 is 0 Å². The molecule has 6 nitrogen and oxygen atoms in total. The van der Waals surface area contributed by atoms with Gasteiger partial charge in [-0.05, 0) is 37.8 Å². The van der Waals surface area contributed by atoms with E-state index in [2.05, 4.69) is 22.2 Å². The average Bonchev–Trinajstić information content (AvgIpc) is 3.02. The SMILES string of the molecule is CC(CC(=O)N1CCN(c2cnn(C)c2)CC1)C1CCCNC1.Cl.Cl. The highest BCUT2D eigenvalue weighted by Crippen LogP contribution is 2.24. The number of aromatic nitrogens is 2. The molecule has 0 aliphatic carbocycles. The van der Waals surface area contributed by atoms with Crippen molar-refractivity contribution in [3.8, 4) is 0 Å². The van der Waals surface area contributed by atoms with Crippen LogP contribution < -0.4 is 10.2 Å². The van der Waals surface area contributed by atoms with Crippen LogP contribution in [-0.2, 0) is 11.8 Å². The standard InChI is InChI=1S/C17H29N5O.2ClH/c1-14(15-4-3-5-18-11-15)10-17(23)22-8-6-21(7-9-22)16-12-19-20(2)13-16;;/h12-15,18H,3-11H2,1-2H3;2*1H. The van der Waals surface area contributed by atoms with Crippen LogP contribution in [0, 0.1) is 11.8 Å². The highest BCUT2D eigenvalue weighted by molar-refractivity contribution is 5.85. The summed E-state index contributed by atoms with van der Waals surface area (Å²) in [5.41, 5.74) is 1.15. The van der Waals surface area contributed by atoms with Gasteiger partial charge in [0.15, 0.2) is 0 Å². The van der Waals surface area contributed by atoms with Gasteiger partial charge in [-0.1, -0.05) is 6.92 Å². The summed E-state index contributed by atoms with van der Waals surface area (Å²) >= 11 is 0. The van der Waals surface area contributed by atoms with Gasteiger partial charge in [0, 0.05) is 45.8 Å². The van der Waals surface area contributed by atoms with E-state index in [9.17, 15) is 4.79 Å². The van der Waals surface area contributed by atoms with E-state index in [1.165, 1.54) is 12.8 Å². The number of piperidine rings is 1. The zero-order valence-electron chi connectivity index (χ0n) is 15.2. The number of carbonyl (C=O) groups is 1. The maximum atomic E-state index is 12.6. The van der Waals surface area contributed by atoms with E-state index in [0.717, 1.165) is 45.0 Å². The lowest BCUT2D eigenvalue weighted by Gasteiger charge is -2.36. The van der Waals surface area contributed by atoms with Gasteiger partial charge in [-0.3, -0.25) is 9.48 Å². The molecule has 144 valence electrons. The van der Waals surface area contributed by atoms with Crippen LogP contribution in [0.3, 0.4) is 0 Å². The number of halogens is 2. The van der Waals surface area contributed by atoms with E-state index < -0.39 is 0 Å². The molecule has 2 saturated heterocycles. The molecule has 0 bridgehead atoms. The second-order valence-corrected chi connectivity index (χ2v) is 7.03. The number of nitrogens with one attached hydrogen (secondary N) is 1.